The molecule has 154 valence electrons. The molecule has 0 radical (unpaired) electrons. The Morgan fingerprint density at radius 2 is 1.45 bits per heavy atom. The minimum Gasteiger partial charge on any atom is -0.485 e. The van der Waals surface area contributed by atoms with Crippen molar-refractivity contribution in [2.24, 2.45) is 0 Å². The van der Waals surface area contributed by atoms with E-state index >= 15 is 0 Å². The van der Waals surface area contributed by atoms with E-state index in [9.17, 15) is 4.79 Å². The molecule has 1 amide bonds. The maximum atomic E-state index is 12.8. The number of hydrogen-bond acceptors (Lipinski definition) is 5. The lowest BCUT2D eigenvalue weighted by Crippen LogP contribution is -2.33. The highest BCUT2D eigenvalue weighted by Crippen LogP contribution is 2.33. The molecule has 3 rings (SSSR count). The Kier molecular flexibility index (Phi) is 7.63. The lowest BCUT2D eigenvalue weighted by molar-refractivity contribution is 0.0940. The summed E-state index contributed by atoms with van der Waals surface area (Å²) in [5, 5.41) is 20.6. The number of rotatable bonds is 9. The minimum absolute atomic E-state index is 0.105. The first-order valence-electron chi connectivity index (χ1n) is 9.75. The van der Waals surface area contributed by atoms with Gasteiger partial charge in [-0.2, -0.15) is 10.5 Å². The van der Waals surface area contributed by atoms with Gasteiger partial charge in [-0.05, 0) is 23.3 Å². The predicted molar refractivity (Wildman–Crippen MR) is 115 cm³/mol. The number of amides is 1. The fraction of sp³-hybridized carbons (Fsp3) is 0.160. The number of para-hydroxylation sites is 1. The maximum absolute atomic E-state index is 12.8. The summed E-state index contributed by atoms with van der Waals surface area (Å²) in [7, 11) is 0. The first-order valence-corrected chi connectivity index (χ1v) is 9.75. The fourth-order valence-corrected chi connectivity index (χ4v) is 2.88. The van der Waals surface area contributed by atoms with Crippen LogP contribution in [0.2, 0.25) is 0 Å². The van der Waals surface area contributed by atoms with Gasteiger partial charge in [0.2, 0.25) is 0 Å². The zero-order chi connectivity index (χ0) is 21.9. The molecular weight excluding hydrogens is 390 g/mol. The van der Waals surface area contributed by atoms with E-state index in [0.29, 0.717) is 12.4 Å². The van der Waals surface area contributed by atoms with Crippen molar-refractivity contribution < 1.29 is 14.3 Å². The highest BCUT2D eigenvalue weighted by Gasteiger charge is 2.20. The van der Waals surface area contributed by atoms with Gasteiger partial charge in [-0.3, -0.25) is 4.79 Å². The van der Waals surface area contributed by atoms with Crippen molar-refractivity contribution in [2.45, 2.75) is 25.7 Å². The Bertz CT molecular complexity index is 1090. The lowest BCUT2D eigenvalue weighted by atomic mass is 10.1. The van der Waals surface area contributed by atoms with Crippen LogP contribution >= 0.6 is 0 Å². The van der Waals surface area contributed by atoms with E-state index in [2.05, 4.69) is 5.32 Å². The molecule has 3 aromatic rings. The van der Waals surface area contributed by atoms with Crippen LogP contribution in [0, 0.1) is 22.7 Å². The molecule has 0 aromatic heterocycles. The lowest BCUT2D eigenvalue weighted by Gasteiger charge is -2.17. The second-order valence-corrected chi connectivity index (χ2v) is 6.70. The third kappa shape index (κ3) is 6.09. The van der Waals surface area contributed by atoms with Crippen LogP contribution in [0.1, 0.15) is 27.9 Å². The summed E-state index contributed by atoms with van der Waals surface area (Å²) in [4.78, 5) is 12.8. The van der Waals surface area contributed by atoms with Crippen LogP contribution in [0.15, 0.2) is 78.9 Å². The zero-order valence-corrected chi connectivity index (χ0v) is 16.8. The van der Waals surface area contributed by atoms with Gasteiger partial charge in [-0.1, -0.05) is 66.7 Å². The number of carbonyl (C=O) groups excluding carboxylic acids is 1. The monoisotopic (exact) mass is 411 g/mol. The standard InChI is InChI=1S/C25H21N3O3/c26-15-14-21(16-27)28-25(29)22-12-7-13-23(30-17-19-8-3-1-4-9-19)24(22)31-18-20-10-5-2-6-11-20/h1-13,21H,14,17-18H2,(H,28,29)/t21-/m1/s1. The van der Waals surface area contributed by atoms with Crippen LogP contribution in [-0.4, -0.2) is 11.9 Å². The van der Waals surface area contributed by atoms with Crippen molar-refractivity contribution in [1.29, 1.82) is 10.5 Å². The molecule has 0 fully saturated rings. The highest BCUT2D eigenvalue weighted by atomic mass is 16.5. The van der Waals surface area contributed by atoms with Crippen LogP contribution in [-0.2, 0) is 13.2 Å². The van der Waals surface area contributed by atoms with E-state index in [1.165, 1.54) is 0 Å². The molecule has 0 saturated heterocycles. The summed E-state index contributed by atoms with van der Waals surface area (Å²) in [5.41, 5.74) is 2.15. The summed E-state index contributed by atoms with van der Waals surface area (Å²) in [6.07, 6.45) is -0.105. The van der Waals surface area contributed by atoms with Gasteiger partial charge in [0, 0.05) is 0 Å². The molecule has 0 aliphatic carbocycles. The number of hydrogen-bond donors (Lipinski definition) is 1. The average Bonchev–Trinajstić information content (AvgIpc) is 2.82. The molecule has 0 bridgehead atoms. The smallest absolute Gasteiger partial charge is 0.256 e. The summed E-state index contributed by atoms with van der Waals surface area (Å²) < 4.78 is 12.0. The third-order valence-electron chi connectivity index (χ3n) is 4.44. The Morgan fingerprint density at radius 3 is 2.03 bits per heavy atom. The summed E-state index contributed by atoms with van der Waals surface area (Å²) in [6, 6.07) is 27.2. The molecular formula is C25H21N3O3. The molecule has 0 spiro atoms. The van der Waals surface area contributed by atoms with E-state index in [1.807, 2.05) is 72.8 Å². The van der Waals surface area contributed by atoms with Crippen molar-refractivity contribution in [3.63, 3.8) is 0 Å². The quantitative estimate of drug-likeness (QED) is 0.564. The average molecular weight is 411 g/mol. The van der Waals surface area contributed by atoms with Crippen LogP contribution < -0.4 is 14.8 Å². The van der Waals surface area contributed by atoms with Crippen molar-refractivity contribution in [3.8, 4) is 23.6 Å². The fourth-order valence-electron chi connectivity index (χ4n) is 2.88. The van der Waals surface area contributed by atoms with Crippen molar-refractivity contribution >= 4 is 5.91 Å². The van der Waals surface area contributed by atoms with Crippen molar-refractivity contribution in [1.82, 2.24) is 5.32 Å². The molecule has 1 N–H and O–H groups in total. The van der Waals surface area contributed by atoms with Crippen molar-refractivity contribution in [2.75, 3.05) is 0 Å². The zero-order valence-electron chi connectivity index (χ0n) is 16.8. The SMILES string of the molecule is N#CC[C@H](C#N)NC(=O)c1cccc(OCc2ccccc2)c1OCc1ccccc1. The first-order chi connectivity index (χ1) is 15.2. The molecule has 0 aliphatic rings. The summed E-state index contributed by atoms with van der Waals surface area (Å²) in [5.74, 6) is 0.199. The van der Waals surface area contributed by atoms with E-state index in [1.54, 1.807) is 18.2 Å². The molecule has 0 aliphatic heterocycles. The number of nitriles is 2. The van der Waals surface area contributed by atoms with Crippen LogP contribution in [0.25, 0.3) is 0 Å². The van der Waals surface area contributed by atoms with Gasteiger partial charge in [0.1, 0.15) is 19.3 Å². The second kappa shape index (κ2) is 11.0. The normalized spacial score (nSPS) is 10.9. The predicted octanol–water partition coefficient (Wildman–Crippen LogP) is 4.38. The van der Waals surface area contributed by atoms with Gasteiger partial charge in [0.25, 0.3) is 5.91 Å². The van der Waals surface area contributed by atoms with E-state index < -0.39 is 11.9 Å². The molecule has 0 unspecified atom stereocenters. The molecule has 0 heterocycles. The molecule has 1 atom stereocenters. The highest BCUT2D eigenvalue weighted by molar-refractivity contribution is 5.98. The summed E-state index contributed by atoms with van der Waals surface area (Å²) >= 11 is 0. The number of nitrogens with one attached hydrogen (secondary N) is 1. The van der Waals surface area contributed by atoms with Gasteiger partial charge in [0.15, 0.2) is 11.5 Å². The second-order valence-electron chi connectivity index (χ2n) is 6.70. The maximum Gasteiger partial charge on any atom is 0.256 e. The first kappa shape index (κ1) is 21.4. The van der Waals surface area contributed by atoms with Crippen LogP contribution in [0.5, 0.6) is 11.5 Å². The van der Waals surface area contributed by atoms with Gasteiger partial charge in [-0.25, -0.2) is 0 Å². The van der Waals surface area contributed by atoms with Gasteiger partial charge < -0.3 is 14.8 Å². The Hall–Kier alpha value is -4.29. The molecule has 6 nitrogen and oxygen atoms in total. The van der Waals surface area contributed by atoms with Gasteiger partial charge in [-0.15, -0.1) is 0 Å². The Morgan fingerprint density at radius 1 is 0.839 bits per heavy atom. The largest absolute Gasteiger partial charge is 0.485 e. The number of ether oxygens (including phenoxy) is 2. The Labute approximate surface area is 181 Å². The van der Waals surface area contributed by atoms with Crippen LogP contribution in [0.4, 0.5) is 0 Å². The number of nitrogens with zero attached hydrogens (tertiary/aromatic N) is 2. The van der Waals surface area contributed by atoms with Gasteiger partial charge >= 0.3 is 0 Å². The van der Waals surface area contributed by atoms with Crippen molar-refractivity contribution in [3.05, 3.63) is 95.6 Å². The molecule has 31 heavy (non-hydrogen) atoms. The topological polar surface area (TPSA) is 95.1 Å². The Balaban J connectivity index is 1.86. The third-order valence-corrected chi connectivity index (χ3v) is 4.44. The van der Waals surface area contributed by atoms with E-state index in [4.69, 9.17) is 20.0 Å². The number of carbonyl (C=O) groups is 1. The van der Waals surface area contributed by atoms with E-state index in [0.717, 1.165) is 11.1 Å². The molecule has 6 heteroatoms. The van der Waals surface area contributed by atoms with Crippen LogP contribution in [0.3, 0.4) is 0 Å². The van der Waals surface area contributed by atoms with E-state index in [-0.39, 0.29) is 24.3 Å². The molecule has 3 aromatic carbocycles. The van der Waals surface area contributed by atoms with Gasteiger partial charge in [0.05, 0.1) is 24.1 Å². The summed E-state index contributed by atoms with van der Waals surface area (Å²) in [6.45, 7) is 0.551. The number of benzene rings is 3. The minimum atomic E-state index is -0.909. The molecule has 0 saturated carbocycles.